The standard InChI is InChI=1S/C10H8F5NO/c11-5-4(9(16)17)10(15,3-1-2-3)8(14)7(13)6(5)12/h3-4H,1-2H2,(H2,16,17). The molecule has 0 saturated heterocycles. The normalized spacial score (nSPS) is 34.3. The smallest absolute Gasteiger partial charge is 0.231 e. The van der Waals surface area contributed by atoms with Crippen molar-refractivity contribution in [3.8, 4) is 0 Å². The maximum Gasteiger partial charge on any atom is 0.231 e. The van der Waals surface area contributed by atoms with Crippen LogP contribution in [0.25, 0.3) is 0 Å². The number of amides is 1. The molecule has 0 aromatic rings. The van der Waals surface area contributed by atoms with Crippen molar-refractivity contribution in [1.82, 2.24) is 0 Å². The van der Waals surface area contributed by atoms with Gasteiger partial charge in [0.15, 0.2) is 29.0 Å². The van der Waals surface area contributed by atoms with Crippen LogP contribution in [0.1, 0.15) is 12.8 Å². The Balaban J connectivity index is 2.61. The number of rotatable bonds is 2. The maximum absolute atomic E-state index is 14.3. The highest BCUT2D eigenvalue weighted by Crippen LogP contribution is 2.57. The van der Waals surface area contributed by atoms with Gasteiger partial charge in [-0.25, -0.2) is 22.0 Å². The number of hydrogen-bond acceptors (Lipinski definition) is 1. The monoisotopic (exact) mass is 253 g/mol. The number of nitrogens with two attached hydrogens (primary N) is 1. The third-order valence-corrected chi connectivity index (χ3v) is 3.06. The van der Waals surface area contributed by atoms with Crippen LogP contribution in [0.3, 0.4) is 0 Å². The first-order valence-electron chi connectivity index (χ1n) is 4.91. The zero-order valence-corrected chi connectivity index (χ0v) is 8.44. The van der Waals surface area contributed by atoms with E-state index in [1.807, 2.05) is 0 Å². The van der Waals surface area contributed by atoms with Gasteiger partial charge in [-0.2, -0.15) is 0 Å². The molecule has 1 saturated carbocycles. The Labute approximate surface area is 93.0 Å². The average Bonchev–Trinajstić information content (AvgIpc) is 3.07. The first-order chi connectivity index (χ1) is 7.81. The fourth-order valence-corrected chi connectivity index (χ4v) is 2.06. The fourth-order valence-electron chi connectivity index (χ4n) is 2.06. The Morgan fingerprint density at radius 1 is 1.18 bits per heavy atom. The number of alkyl halides is 1. The molecular formula is C10H8F5NO. The van der Waals surface area contributed by atoms with E-state index in [1.165, 1.54) is 0 Å². The van der Waals surface area contributed by atoms with Crippen molar-refractivity contribution in [1.29, 1.82) is 0 Å². The summed E-state index contributed by atoms with van der Waals surface area (Å²) in [6.45, 7) is 0. The summed E-state index contributed by atoms with van der Waals surface area (Å²) in [6, 6.07) is 0. The second kappa shape index (κ2) is 3.54. The van der Waals surface area contributed by atoms with Gasteiger partial charge in [0.2, 0.25) is 5.91 Å². The van der Waals surface area contributed by atoms with Gasteiger partial charge in [-0.1, -0.05) is 0 Å². The summed E-state index contributed by atoms with van der Waals surface area (Å²) < 4.78 is 67.0. The minimum atomic E-state index is -3.20. The van der Waals surface area contributed by atoms with E-state index < -0.39 is 46.7 Å². The molecule has 0 bridgehead atoms. The number of hydrogen-bond donors (Lipinski definition) is 1. The molecule has 2 nitrogen and oxygen atoms in total. The zero-order chi connectivity index (χ0) is 13.0. The van der Waals surface area contributed by atoms with Gasteiger partial charge in [-0.3, -0.25) is 4.79 Å². The molecule has 2 aliphatic carbocycles. The Bertz CT molecular complexity index is 454. The zero-order valence-electron chi connectivity index (χ0n) is 8.44. The predicted molar refractivity (Wildman–Crippen MR) is 47.7 cm³/mol. The topological polar surface area (TPSA) is 43.1 Å². The molecule has 2 N–H and O–H groups in total. The molecule has 0 aromatic carbocycles. The summed E-state index contributed by atoms with van der Waals surface area (Å²) in [7, 11) is 0. The molecule has 2 aliphatic rings. The number of carbonyl (C=O) groups excluding carboxylic acids is 1. The molecule has 0 heterocycles. The highest BCUT2D eigenvalue weighted by Gasteiger charge is 2.62. The van der Waals surface area contributed by atoms with Crippen molar-refractivity contribution in [3.05, 3.63) is 23.3 Å². The van der Waals surface area contributed by atoms with Crippen LogP contribution in [0.4, 0.5) is 22.0 Å². The average molecular weight is 253 g/mol. The van der Waals surface area contributed by atoms with E-state index >= 15 is 0 Å². The van der Waals surface area contributed by atoms with Gasteiger partial charge in [0.05, 0.1) is 0 Å². The Hall–Kier alpha value is -1.40. The van der Waals surface area contributed by atoms with E-state index in [9.17, 15) is 26.7 Å². The Morgan fingerprint density at radius 3 is 2.12 bits per heavy atom. The summed E-state index contributed by atoms with van der Waals surface area (Å²) in [5, 5.41) is 0. The SMILES string of the molecule is NC(=O)C1C(F)=C(F)C(F)=C(F)C1(F)C1CC1. The molecule has 2 atom stereocenters. The first kappa shape index (κ1) is 12.1. The van der Waals surface area contributed by atoms with E-state index in [2.05, 4.69) is 0 Å². The summed E-state index contributed by atoms with van der Waals surface area (Å²) >= 11 is 0. The van der Waals surface area contributed by atoms with Crippen LogP contribution in [-0.2, 0) is 4.79 Å². The molecule has 0 spiro atoms. The van der Waals surface area contributed by atoms with Gasteiger partial charge in [-0.15, -0.1) is 0 Å². The molecule has 0 radical (unpaired) electrons. The third-order valence-electron chi connectivity index (χ3n) is 3.06. The second-order valence-corrected chi connectivity index (χ2v) is 4.17. The lowest BCUT2D eigenvalue weighted by molar-refractivity contribution is -0.126. The van der Waals surface area contributed by atoms with Crippen LogP contribution in [0.15, 0.2) is 23.3 Å². The van der Waals surface area contributed by atoms with Crippen LogP contribution in [0.2, 0.25) is 0 Å². The van der Waals surface area contributed by atoms with Crippen LogP contribution in [-0.4, -0.2) is 11.6 Å². The van der Waals surface area contributed by atoms with Crippen LogP contribution in [0.5, 0.6) is 0 Å². The van der Waals surface area contributed by atoms with Gasteiger partial charge >= 0.3 is 0 Å². The third kappa shape index (κ3) is 1.48. The molecule has 2 rings (SSSR count). The summed E-state index contributed by atoms with van der Waals surface area (Å²) in [5.41, 5.74) is 1.54. The van der Waals surface area contributed by atoms with Gasteiger partial charge in [0.1, 0.15) is 5.92 Å². The van der Waals surface area contributed by atoms with E-state index in [1.54, 1.807) is 0 Å². The molecule has 2 unspecified atom stereocenters. The summed E-state index contributed by atoms with van der Waals surface area (Å²) in [4.78, 5) is 10.9. The lowest BCUT2D eigenvalue weighted by Gasteiger charge is -2.32. The molecule has 0 aromatic heterocycles. The molecule has 7 heteroatoms. The summed E-state index contributed by atoms with van der Waals surface area (Å²) in [5.74, 6) is -13.5. The Morgan fingerprint density at radius 2 is 1.71 bits per heavy atom. The molecule has 17 heavy (non-hydrogen) atoms. The molecule has 1 amide bonds. The summed E-state index contributed by atoms with van der Waals surface area (Å²) in [6.07, 6.45) is 0.325. The van der Waals surface area contributed by atoms with Crippen LogP contribution >= 0.6 is 0 Å². The maximum atomic E-state index is 14.3. The second-order valence-electron chi connectivity index (χ2n) is 4.17. The quantitative estimate of drug-likeness (QED) is 0.755. The van der Waals surface area contributed by atoms with Crippen LogP contribution in [0, 0.1) is 11.8 Å². The number of halogens is 5. The Kier molecular flexibility index (Phi) is 2.52. The number of primary amides is 1. The van der Waals surface area contributed by atoms with Crippen molar-refractivity contribution < 1.29 is 26.7 Å². The van der Waals surface area contributed by atoms with Gasteiger partial charge < -0.3 is 5.73 Å². The van der Waals surface area contributed by atoms with Gasteiger partial charge in [-0.05, 0) is 12.8 Å². The van der Waals surface area contributed by atoms with E-state index in [0.29, 0.717) is 0 Å². The fraction of sp³-hybridized carbons (Fsp3) is 0.500. The highest BCUT2D eigenvalue weighted by atomic mass is 19.2. The van der Waals surface area contributed by atoms with Crippen molar-refractivity contribution in [2.75, 3.05) is 0 Å². The van der Waals surface area contributed by atoms with E-state index in [-0.39, 0.29) is 12.8 Å². The molecule has 94 valence electrons. The highest BCUT2D eigenvalue weighted by molar-refractivity contribution is 5.82. The van der Waals surface area contributed by atoms with Crippen molar-refractivity contribution in [3.63, 3.8) is 0 Å². The van der Waals surface area contributed by atoms with Crippen molar-refractivity contribution >= 4 is 5.91 Å². The number of carbonyl (C=O) groups is 1. The van der Waals surface area contributed by atoms with Gasteiger partial charge in [0, 0.05) is 5.92 Å². The first-order valence-corrected chi connectivity index (χ1v) is 4.91. The van der Waals surface area contributed by atoms with Crippen molar-refractivity contribution in [2.45, 2.75) is 18.5 Å². The lowest BCUT2D eigenvalue weighted by Crippen LogP contribution is -2.47. The minimum absolute atomic E-state index is 0.163. The molecular weight excluding hydrogens is 245 g/mol. The van der Waals surface area contributed by atoms with Crippen molar-refractivity contribution in [2.24, 2.45) is 17.6 Å². The minimum Gasteiger partial charge on any atom is -0.369 e. The largest absolute Gasteiger partial charge is 0.369 e. The molecule has 0 aliphatic heterocycles. The van der Waals surface area contributed by atoms with Crippen LogP contribution < -0.4 is 5.73 Å². The predicted octanol–water partition coefficient (Wildman–Crippen LogP) is 2.52. The van der Waals surface area contributed by atoms with Gasteiger partial charge in [0.25, 0.3) is 0 Å². The number of allylic oxidation sites excluding steroid dienone is 3. The van der Waals surface area contributed by atoms with E-state index in [0.717, 1.165) is 0 Å². The molecule has 1 fully saturated rings. The lowest BCUT2D eigenvalue weighted by atomic mass is 9.78. The van der Waals surface area contributed by atoms with E-state index in [4.69, 9.17) is 5.73 Å².